The van der Waals surface area contributed by atoms with E-state index in [1.807, 2.05) is 0 Å². The van der Waals surface area contributed by atoms with Gasteiger partial charge in [0.05, 0.1) is 11.9 Å². The zero-order valence-electron chi connectivity index (χ0n) is 9.02. The molecule has 96 valence electrons. The lowest BCUT2D eigenvalue weighted by atomic mass is 10.3. The Morgan fingerprint density at radius 3 is 2.61 bits per heavy atom. The summed E-state index contributed by atoms with van der Waals surface area (Å²) in [5.74, 6) is 0. The highest BCUT2D eigenvalue weighted by atomic mass is 35.5. The number of anilines is 1. The molecule has 0 saturated heterocycles. The molecule has 9 heteroatoms. The molecule has 0 bridgehead atoms. The number of aryl methyl sites for hydroxylation is 1. The van der Waals surface area contributed by atoms with E-state index in [1.54, 1.807) is 19.2 Å². The first kappa shape index (κ1) is 13.5. The predicted octanol–water partition coefficient (Wildman–Crippen LogP) is 2.95. The van der Waals surface area contributed by atoms with Crippen LogP contribution in [0.4, 0.5) is 5.69 Å². The maximum Gasteiger partial charge on any atom is 0.273 e. The standard InChI is InChI=1S/C9H7Cl2N3O2S2/c1-5-2-6(8(10)12-3-5)14-18(15,16)7-4-13-9(11)17-7/h2-4,14H,1H3. The zero-order chi connectivity index (χ0) is 13.3. The lowest BCUT2D eigenvalue weighted by Crippen LogP contribution is -2.12. The monoisotopic (exact) mass is 323 g/mol. The summed E-state index contributed by atoms with van der Waals surface area (Å²) in [7, 11) is -3.73. The molecule has 1 N–H and O–H groups in total. The Morgan fingerprint density at radius 1 is 1.28 bits per heavy atom. The van der Waals surface area contributed by atoms with Gasteiger partial charge in [-0.25, -0.2) is 18.4 Å². The fourth-order valence-electron chi connectivity index (χ4n) is 1.18. The third-order valence-electron chi connectivity index (χ3n) is 1.94. The van der Waals surface area contributed by atoms with Gasteiger partial charge in [0.15, 0.2) is 13.8 Å². The summed E-state index contributed by atoms with van der Waals surface area (Å²) in [5, 5.41) is 0.0831. The minimum absolute atomic E-state index is 0.0186. The van der Waals surface area contributed by atoms with Crippen LogP contribution in [0, 0.1) is 6.92 Å². The molecular formula is C9H7Cl2N3O2S2. The largest absolute Gasteiger partial charge is 0.276 e. The first-order valence-corrected chi connectivity index (χ1v) is 7.70. The second-order valence-electron chi connectivity index (χ2n) is 3.39. The molecule has 5 nitrogen and oxygen atoms in total. The Hall–Kier alpha value is -0.890. The van der Waals surface area contributed by atoms with Gasteiger partial charge < -0.3 is 0 Å². The summed E-state index contributed by atoms with van der Waals surface area (Å²) in [6.45, 7) is 1.78. The minimum atomic E-state index is -3.73. The number of halogens is 2. The average molecular weight is 324 g/mol. The van der Waals surface area contributed by atoms with Gasteiger partial charge in [-0.1, -0.05) is 34.5 Å². The van der Waals surface area contributed by atoms with Crippen LogP contribution in [0.5, 0.6) is 0 Å². The molecule has 2 aromatic heterocycles. The van der Waals surface area contributed by atoms with Crippen molar-refractivity contribution < 1.29 is 8.42 Å². The van der Waals surface area contributed by atoms with Crippen molar-refractivity contribution in [3.63, 3.8) is 0 Å². The van der Waals surface area contributed by atoms with Crippen LogP contribution < -0.4 is 4.72 Å². The Kier molecular flexibility index (Phi) is 3.76. The van der Waals surface area contributed by atoms with Gasteiger partial charge in [0.25, 0.3) is 10.0 Å². The summed E-state index contributed by atoms with van der Waals surface area (Å²) in [6, 6.07) is 1.59. The van der Waals surface area contributed by atoms with Crippen LogP contribution in [-0.2, 0) is 10.0 Å². The molecule has 2 heterocycles. The molecule has 0 aromatic carbocycles. The van der Waals surface area contributed by atoms with Crippen LogP contribution in [0.2, 0.25) is 9.62 Å². The lowest BCUT2D eigenvalue weighted by molar-refractivity contribution is 0.603. The summed E-state index contributed by atoms with van der Waals surface area (Å²) < 4.78 is 26.5. The molecule has 0 aliphatic heterocycles. The third kappa shape index (κ3) is 2.92. The lowest BCUT2D eigenvalue weighted by Gasteiger charge is -2.07. The number of thiazole rings is 1. The number of aromatic nitrogens is 2. The van der Waals surface area contributed by atoms with Crippen molar-refractivity contribution in [2.24, 2.45) is 0 Å². The first-order valence-electron chi connectivity index (χ1n) is 4.65. The highest BCUT2D eigenvalue weighted by molar-refractivity contribution is 7.94. The molecule has 0 atom stereocenters. The summed E-state index contributed by atoms with van der Waals surface area (Å²) >= 11 is 12.3. The Labute approximate surface area is 118 Å². The number of nitrogens with zero attached hydrogens (tertiary/aromatic N) is 2. The fraction of sp³-hybridized carbons (Fsp3) is 0.111. The van der Waals surface area contributed by atoms with Crippen molar-refractivity contribution in [2.75, 3.05) is 4.72 Å². The van der Waals surface area contributed by atoms with Gasteiger partial charge in [-0.05, 0) is 18.6 Å². The molecule has 0 aliphatic carbocycles. The van der Waals surface area contributed by atoms with Crippen molar-refractivity contribution >= 4 is 50.2 Å². The van der Waals surface area contributed by atoms with Crippen molar-refractivity contribution in [3.05, 3.63) is 33.6 Å². The van der Waals surface area contributed by atoms with Crippen LogP contribution >= 0.6 is 34.5 Å². The van der Waals surface area contributed by atoms with Gasteiger partial charge in [-0.3, -0.25) is 4.72 Å². The van der Waals surface area contributed by atoms with Crippen LogP contribution in [0.1, 0.15) is 5.56 Å². The van der Waals surface area contributed by atoms with Crippen LogP contribution in [-0.4, -0.2) is 18.4 Å². The van der Waals surface area contributed by atoms with Crippen LogP contribution in [0.15, 0.2) is 22.7 Å². The van der Waals surface area contributed by atoms with Gasteiger partial charge in [0.1, 0.15) is 0 Å². The number of sulfonamides is 1. The van der Waals surface area contributed by atoms with Crippen LogP contribution in [0.25, 0.3) is 0 Å². The maximum atomic E-state index is 12.0. The minimum Gasteiger partial charge on any atom is -0.276 e. The van der Waals surface area contributed by atoms with E-state index in [9.17, 15) is 8.42 Å². The summed E-state index contributed by atoms with van der Waals surface area (Å²) in [4.78, 5) is 7.54. The number of hydrogen-bond acceptors (Lipinski definition) is 5. The van der Waals surface area contributed by atoms with Crippen LogP contribution in [0.3, 0.4) is 0 Å². The highest BCUT2D eigenvalue weighted by Gasteiger charge is 2.19. The summed E-state index contributed by atoms with van der Waals surface area (Å²) in [5.41, 5.74) is 1.01. The molecule has 2 aromatic rings. The normalized spacial score (nSPS) is 11.5. The molecule has 0 amide bonds. The topological polar surface area (TPSA) is 72.0 Å². The molecule has 0 aliphatic rings. The molecule has 0 saturated carbocycles. The fourth-order valence-corrected chi connectivity index (χ4v) is 3.74. The average Bonchev–Trinajstić information content (AvgIpc) is 2.71. The van der Waals surface area contributed by atoms with Crippen molar-refractivity contribution in [3.8, 4) is 0 Å². The van der Waals surface area contributed by atoms with E-state index in [0.717, 1.165) is 16.9 Å². The molecular weight excluding hydrogens is 317 g/mol. The van der Waals surface area contributed by atoms with Gasteiger partial charge in [-0.15, -0.1) is 0 Å². The Bertz CT molecular complexity index is 685. The summed E-state index contributed by atoms with van der Waals surface area (Å²) in [6.07, 6.45) is 2.73. The zero-order valence-corrected chi connectivity index (χ0v) is 12.2. The maximum absolute atomic E-state index is 12.0. The molecule has 0 unspecified atom stereocenters. The van der Waals surface area contributed by atoms with E-state index in [1.165, 1.54) is 6.20 Å². The van der Waals surface area contributed by atoms with Gasteiger partial charge in [0.2, 0.25) is 0 Å². The second kappa shape index (κ2) is 5.00. The first-order chi connectivity index (χ1) is 8.38. The van der Waals surface area contributed by atoms with Crippen molar-refractivity contribution in [2.45, 2.75) is 11.1 Å². The van der Waals surface area contributed by atoms with E-state index in [0.29, 0.717) is 0 Å². The molecule has 0 spiro atoms. The third-order valence-corrected chi connectivity index (χ3v) is 5.18. The molecule has 2 rings (SSSR count). The molecule has 0 fully saturated rings. The van der Waals surface area contributed by atoms with E-state index < -0.39 is 10.0 Å². The smallest absolute Gasteiger partial charge is 0.273 e. The van der Waals surface area contributed by atoms with Crippen molar-refractivity contribution in [1.29, 1.82) is 0 Å². The van der Waals surface area contributed by atoms with Crippen molar-refractivity contribution in [1.82, 2.24) is 9.97 Å². The Morgan fingerprint density at radius 2 is 2.00 bits per heavy atom. The number of rotatable bonds is 3. The van der Waals surface area contributed by atoms with E-state index in [2.05, 4.69) is 14.7 Å². The van der Waals surface area contributed by atoms with E-state index in [4.69, 9.17) is 23.2 Å². The van der Waals surface area contributed by atoms with E-state index >= 15 is 0 Å². The molecule has 18 heavy (non-hydrogen) atoms. The van der Waals surface area contributed by atoms with E-state index in [-0.39, 0.29) is 19.5 Å². The SMILES string of the molecule is Cc1cnc(Cl)c(NS(=O)(=O)c2cnc(Cl)s2)c1. The number of nitrogens with one attached hydrogen (secondary N) is 1. The quantitative estimate of drug-likeness (QED) is 0.881. The Balaban J connectivity index is 2.36. The molecule has 0 radical (unpaired) electrons. The van der Waals surface area contributed by atoms with Gasteiger partial charge in [-0.2, -0.15) is 0 Å². The number of hydrogen-bond donors (Lipinski definition) is 1. The number of pyridine rings is 1. The van der Waals surface area contributed by atoms with Gasteiger partial charge >= 0.3 is 0 Å². The second-order valence-corrected chi connectivity index (χ2v) is 7.27. The van der Waals surface area contributed by atoms with Gasteiger partial charge in [0, 0.05) is 6.20 Å². The highest BCUT2D eigenvalue weighted by Crippen LogP contribution is 2.27. The predicted molar refractivity (Wildman–Crippen MR) is 71.9 cm³/mol.